The first-order chi connectivity index (χ1) is 7.18. The summed E-state index contributed by atoms with van der Waals surface area (Å²) in [5.41, 5.74) is 2.19. The van der Waals surface area contributed by atoms with Crippen molar-refractivity contribution in [1.82, 2.24) is 5.32 Å². The van der Waals surface area contributed by atoms with E-state index in [1.165, 1.54) is 0 Å². The smallest absolute Gasteiger partial charge is 0.229 e. The van der Waals surface area contributed by atoms with Crippen molar-refractivity contribution in [2.75, 3.05) is 11.9 Å². The van der Waals surface area contributed by atoms with Crippen molar-refractivity contribution in [2.24, 2.45) is 0 Å². The third-order valence-corrected chi connectivity index (χ3v) is 2.58. The van der Waals surface area contributed by atoms with Gasteiger partial charge in [0.25, 0.3) is 0 Å². The number of para-hydroxylation sites is 1. The summed E-state index contributed by atoms with van der Waals surface area (Å²) in [5.74, 6) is 0.0750. The second kappa shape index (κ2) is 3.93. The Bertz CT molecular complexity index is 374. The molecule has 2 rings (SSSR count). The SMILES string of the molecule is CC(C)NC(=O)C1CNc2ccccc21. The molecular formula is C12H16N2O. The lowest BCUT2D eigenvalue weighted by Crippen LogP contribution is -2.35. The molecule has 1 heterocycles. The third kappa shape index (κ3) is 1.96. The predicted octanol–water partition coefficient (Wildman–Crippen LogP) is 1.72. The van der Waals surface area contributed by atoms with E-state index < -0.39 is 0 Å². The number of carbonyl (C=O) groups is 1. The van der Waals surface area contributed by atoms with Crippen molar-refractivity contribution in [1.29, 1.82) is 0 Å². The summed E-state index contributed by atoms with van der Waals surface area (Å²) in [6.45, 7) is 4.66. The summed E-state index contributed by atoms with van der Waals surface area (Å²) in [6, 6.07) is 8.18. The van der Waals surface area contributed by atoms with E-state index in [9.17, 15) is 4.79 Å². The molecule has 0 saturated heterocycles. The van der Waals surface area contributed by atoms with Crippen LogP contribution in [0.1, 0.15) is 25.3 Å². The zero-order chi connectivity index (χ0) is 10.8. The highest BCUT2D eigenvalue weighted by molar-refractivity contribution is 5.88. The number of hydrogen-bond acceptors (Lipinski definition) is 2. The van der Waals surface area contributed by atoms with Gasteiger partial charge in [-0.25, -0.2) is 0 Å². The molecule has 0 radical (unpaired) electrons. The Kier molecular flexibility index (Phi) is 2.62. The van der Waals surface area contributed by atoms with E-state index in [1.807, 2.05) is 38.1 Å². The topological polar surface area (TPSA) is 41.1 Å². The van der Waals surface area contributed by atoms with Gasteiger partial charge in [0.1, 0.15) is 0 Å². The van der Waals surface area contributed by atoms with E-state index in [4.69, 9.17) is 0 Å². The van der Waals surface area contributed by atoms with Gasteiger partial charge in [-0.1, -0.05) is 18.2 Å². The van der Waals surface area contributed by atoms with Gasteiger partial charge in [0.05, 0.1) is 5.92 Å². The van der Waals surface area contributed by atoms with E-state index in [0.717, 1.165) is 11.3 Å². The van der Waals surface area contributed by atoms with E-state index in [2.05, 4.69) is 10.6 Å². The molecule has 15 heavy (non-hydrogen) atoms. The molecular weight excluding hydrogens is 188 g/mol. The van der Waals surface area contributed by atoms with Gasteiger partial charge in [0.2, 0.25) is 5.91 Å². The summed E-state index contributed by atoms with van der Waals surface area (Å²) in [5, 5.41) is 6.19. The molecule has 1 aromatic carbocycles. The molecule has 0 aliphatic carbocycles. The first kappa shape index (κ1) is 10.0. The Labute approximate surface area is 89.9 Å². The average Bonchev–Trinajstić information content (AvgIpc) is 2.59. The van der Waals surface area contributed by atoms with Gasteiger partial charge >= 0.3 is 0 Å². The lowest BCUT2D eigenvalue weighted by Gasteiger charge is -2.13. The van der Waals surface area contributed by atoms with Gasteiger partial charge in [0, 0.05) is 18.3 Å². The first-order valence-electron chi connectivity index (χ1n) is 5.31. The zero-order valence-electron chi connectivity index (χ0n) is 9.08. The Morgan fingerprint density at radius 2 is 2.20 bits per heavy atom. The summed E-state index contributed by atoms with van der Waals surface area (Å²) in [6.07, 6.45) is 0. The number of fused-ring (bicyclic) bond motifs is 1. The number of benzene rings is 1. The van der Waals surface area contributed by atoms with Crippen LogP contribution in [-0.4, -0.2) is 18.5 Å². The van der Waals surface area contributed by atoms with Crippen LogP contribution in [0.4, 0.5) is 5.69 Å². The molecule has 80 valence electrons. The summed E-state index contributed by atoms with van der Waals surface area (Å²) >= 11 is 0. The van der Waals surface area contributed by atoms with Crippen LogP contribution >= 0.6 is 0 Å². The van der Waals surface area contributed by atoms with Gasteiger partial charge in [0.15, 0.2) is 0 Å². The Morgan fingerprint density at radius 3 is 2.93 bits per heavy atom. The van der Waals surface area contributed by atoms with E-state index >= 15 is 0 Å². The number of carbonyl (C=O) groups excluding carboxylic acids is 1. The normalized spacial score (nSPS) is 18.5. The second-order valence-corrected chi connectivity index (χ2v) is 4.18. The highest BCUT2D eigenvalue weighted by atomic mass is 16.2. The molecule has 3 heteroatoms. The Balaban J connectivity index is 2.17. The van der Waals surface area contributed by atoms with E-state index in [-0.39, 0.29) is 17.9 Å². The van der Waals surface area contributed by atoms with Crippen LogP contribution in [0.2, 0.25) is 0 Å². The molecule has 1 amide bonds. The maximum Gasteiger partial charge on any atom is 0.229 e. The summed E-state index contributed by atoms with van der Waals surface area (Å²) < 4.78 is 0. The first-order valence-corrected chi connectivity index (χ1v) is 5.31. The molecule has 1 unspecified atom stereocenters. The molecule has 1 atom stereocenters. The zero-order valence-corrected chi connectivity index (χ0v) is 9.08. The maximum absolute atomic E-state index is 11.9. The van der Waals surface area contributed by atoms with E-state index in [1.54, 1.807) is 0 Å². The second-order valence-electron chi connectivity index (χ2n) is 4.18. The minimum Gasteiger partial charge on any atom is -0.384 e. The van der Waals surface area contributed by atoms with Crippen LogP contribution in [0.25, 0.3) is 0 Å². The molecule has 0 bridgehead atoms. The molecule has 0 spiro atoms. The van der Waals surface area contributed by atoms with Crippen molar-refractivity contribution in [2.45, 2.75) is 25.8 Å². The Hall–Kier alpha value is -1.51. The summed E-state index contributed by atoms with van der Waals surface area (Å²) in [7, 11) is 0. The fraction of sp³-hybridized carbons (Fsp3) is 0.417. The Morgan fingerprint density at radius 1 is 1.47 bits per heavy atom. The fourth-order valence-electron chi connectivity index (χ4n) is 1.90. The molecule has 2 N–H and O–H groups in total. The molecule has 0 fully saturated rings. The van der Waals surface area contributed by atoms with Gasteiger partial charge in [-0.05, 0) is 25.5 Å². The highest BCUT2D eigenvalue weighted by Gasteiger charge is 2.27. The van der Waals surface area contributed by atoms with Crippen molar-refractivity contribution >= 4 is 11.6 Å². The summed E-state index contributed by atoms with van der Waals surface area (Å²) in [4.78, 5) is 11.9. The third-order valence-electron chi connectivity index (χ3n) is 2.58. The number of nitrogens with one attached hydrogen (secondary N) is 2. The minimum atomic E-state index is -0.0383. The number of anilines is 1. The lowest BCUT2D eigenvalue weighted by molar-refractivity contribution is -0.122. The van der Waals surface area contributed by atoms with Crippen LogP contribution in [-0.2, 0) is 4.79 Å². The fourth-order valence-corrected chi connectivity index (χ4v) is 1.90. The van der Waals surface area contributed by atoms with Crippen LogP contribution in [0.15, 0.2) is 24.3 Å². The number of rotatable bonds is 2. The quantitative estimate of drug-likeness (QED) is 0.770. The average molecular weight is 204 g/mol. The molecule has 3 nitrogen and oxygen atoms in total. The van der Waals surface area contributed by atoms with Gasteiger partial charge < -0.3 is 10.6 Å². The molecule has 1 aliphatic rings. The largest absolute Gasteiger partial charge is 0.384 e. The lowest BCUT2D eigenvalue weighted by atomic mass is 10.0. The monoisotopic (exact) mass is 204 g/mol. The van der Waals surface area contributed by atoms with Crippen molar-refractivity contribution < 1.29 is 4.79 Å². The van der Waals surface area contributed by atoms with Crippen molar-refractivity contribution in [3.05, 3.63) is 29.8 Å². The molecule has 0 aromatic heterocycles. The predicted molar refractivity (Wildman–Crippen MR) is 61.0 cm³/mol. The van der Waals surface area contributed by atoms with Gasteiger partial charge in [-0.15, -0.1) is 0 Å². The standard InChI is InChI=1S/C12H16N2O/c1-8(2)14-12(15)10-7-13-11-6-4-3-5-9(10)11/h3-6,8,10,13H,7H2,1-2H3,(H,14,15). The van der Waals surface area contributed by atoms with Crippen LogP contribution < -0.4 is 10.6 Å². The number of hydrogen-bond donors (Lipinski definition) is 2. The van der Waals surface area contributed by atoms with Crippen molar-refractivity contribution in [3.8, 4) is 0 Å². The van der Waals surface area contributed by atoms with Gasteiger partial charge in [-0.2, -0.15) is 0 Å². The van der Waals surface area contributed by atoms with Crippen molar-refractivity contribution in [3.63, 3.8) is 0 Å². The number of amides is 1. The minimum absolute atomic E-state index is 0.0383. The van der Waals surface area contributed by atoms with Crippen LogP contribution in [0.5, 0.6) is 0 Å². The van der Waals surface area contributed by atoms with Crippen LogP contribution in [0, 0.1) is 0 Å². The molecule has 1 aromatic rings. The highest BCUT2D eigenvalue weighted by Crippen LogP contribution is 2.30. The molecule has 1 aliphatic heterocycles. The van der Waals surface area contributed by atoms with E-state index in [0.29, 0.717) is 6.54 Å². The molecule has 0 saturated carbocycles. The van der Waals surface area contributed by atoms with Crippen LogP contribution in [0.3, 0.4) is 0 Å². The maximum atomic E-state index is 11.9. The van der Waals surface area contributed by atoms with Gasteiger partial charge in [-0.3, -0.25) is 4.79 Å².